The van der Waals surface area contributed by atoms with Crippen molar-refractivity contribution < 1.29 is 0 Å². The maximum absolute atomic E-state index is 5.45. The third kappa shape index (κ3) is 4.65. The molecule has 19 heavy (non-hydrogen) atoms. The van der Waals surface area contributed by atoms with E-state index in [4.69, 9.17) is 5.73 Å². The summed E-state index contributed by atoms with van der Waals surface area (Å²) < 4.78 is 0. The lowest BCUT2D eigenvalue weighted by molar-refractivity contribution is 0.390. The second-order valence-corrected chi connectivity index (χ2v) is 5.14. The molecule has 1 atom stereocenters. The maximum atomic E-state index is 5.45. The molecule has 1 aliphatic rings. The molecule has 1 aromatic rings. The van der Waals surface area contributed by atoms with Gasteiger partial charge >= 0.3 is 0 Å². The summed E-state index contributed by atoms with van der Waals surface area (Å²) in [6.07, 6.45) is 4.08. The smallest absolute Gasteiger partial charge is 0.131 e. The van der Waals surface area contributed by atoms with Crippen LogP contribution in [0.3, 0.4) is 0 Å². The first-order valence-corrected chi connectivity index (χ1v) is 6.96. The molecule has 1 aromatic heterocycles. The predicted octanol–water partition coefficient (Wildman–Crippen LogP) is 0.601. The highest BCUT2D eigenvalue weighted by Crippen LogP contribution is 2.18. The third-order valence-corrected chi connectivity index (χ3v) is 3.47. The van der Waals surface area contributed by atoms with Crippen LogP contribution in [0.4, 0.5) is 11.6 Å². The fraction of sp³-hybridized carbons (Fsp3) is 0.692. The summed E-state index contributed by atoms with van der Waals surface area (Å²) in [6, 6.07) is 1.93. The van der Waals surface area contributed by atoms with Gasteiger partial charge in [-0.2, -0.15) is 0 Å². The Labute approximate surface area is 114 Å². The molecular weight excluding hydrogens is 240 g/mol. The minimum Gasteiger partial charge on any atom is -0.370 e. The van der Waals surface area contributed by atoms with Crippen LogP contribution >= 0.6 is 0 Å². The monoisotopic (exact) mass is 264 g/mol. The lowest BCUT2D eigenvalue weighted by atomic mass is 10.1. The zero-order valence-corrected chi connectivity index (χ0v) is 11.6. The number of aromatic nitrogens is 2. The van der Waals surface area contributed by atoms with Gasteiger partial charge in [0.2, 0.25) is 0 Å². The van der Waals surface area contributed by atoms with Gasteiger partial charge in [0.1, 0.15) is 18.0 Å². The van der Waals surface area contributed by atoms with E-state index in [9.17, 15) is 0 Å². The second-order valence-electron chi connectivity index (χ2n) is 5.14. The van der Waals surface area contributed by atoms with Crippen molar-refractivity contribution in [1.82, 2.24) is 14.9 Å². The predicted molar refractivity (Wildman–Crippen MR) is 78.3 cm³/mol. The number of nitrogens with two attached hydrogens (primary N) is 1. The molecule has 0 aliphatic carbocycles. The minimum atomic E-state index is 0.599. The molecule has 0 spiro atoms. The molecule has 0 amide bonds. The fourth-order valence-corrected chi connectivity index (χ4v) is 2.42. The van der Waals surface area contributed by atoms with Gasteiger partial charge in [-0.15, -0.1) is 0 Å². The molecule has 0 aromatic carbocycles. The summed E-state index contributed by atoms with van der Waals surface area (Å²) in [7, 11) is 2.19. The highest BCUT2D eigenvalue weighted by Gasteiger charge is 2.18. The van der Waals surface area contributed by atoms with Gasteiger partial charge in [-0.3, -0.25) is 0 Å². The van der Waals surface area contributed by atoms with Crippen molar-refractivity contribution in [3.63, 3.8) is 0 Å². The van der Waals surface area contributed by atoms with Gasteiger partial charge < -0.3 is 21.3 Å². The van der Waals surface area contributed by atoms with Crippen molar-refractivity contribution in [3.8, 4) is 0 Å². The summed E-state index contributed by atoms with van der Waals surface area (Å²) in [4.78, 5) is 10.8. The Morgan fingerprint density at radius 3 is 2.68 bits per heavy atom. The molecule has 0 radical (unpaired) electrons. The number of nitrogens with one attached hydrogen (secondary N) is 2. The highest BCUT2D eigenvalue weighted by molar-refractivity contribution is 5.46. The van der Waals surface area contributed by atoms with Crippen molar-refractivity contribution in [3.05, 3.63) is 12.4 Å². The van der Waals surface area contributed by atoms with Crippen LogP contribution < -0.4 is 16.4 Å². The van der Waals surface area contributed by atoms with Gasteiger partial charge in [0, 0.05) is 32.2 Å². The second kappa shape index (κ2) is 7.25. The van der Waals surface area contributed by atoms with Gasteiger partial charge in [0.25, 0.3) is 0 Å². The molecule has 1 aliphatic heterocycles. The summed E-state index contributed by atoms with van der Waals surface area (Å²) in [5, 5.41) is 6.51. The summed E-state index contributed by atoms with van der Waals surface area (Å²) in [5.74, 6) is 2.51. The number of hydrogen-bond donors (Lipinski definition) is 3. The molecule has 0 bridgehead atoms. The lowest BCUT2D eigenvalue weighted by Gasteiger charge is -2.12. The summed E-state index contributed by atoms with van der Waals surface area (Å²) >= 11 is 0. The SMILES string of the molecule is CN1CCC(CCNc2cc(NCCN)ncn2)C1. The Kier molecular flexibility index (Phi) is 5.35. The Hall–Kier alpha value is -1.40. The van der Waals surface area contributed by atoms with Crippen LogP contribution in [0.5, 0.6) is 0 Å². The van der Waals surface area contributed by atoms with Crippen LogP contribution in [0.1, 0.15) is 12.8 Å². The Morgan fingerprint density at radius 1 is 1.32 bits per heavy atom. The molecule has 2 rings (SSSR count). The van der Waals surface area contributed by atoms with Crippen LogP contribution in [0.15, 0.2) is 12.4 Å². The number of rotatable bonds is 7. The van der Waals surface area contributed by atoms with E-state index in [0.29, 0.717) is 6.54 Å². The van der Waals surface area contributed by atoms with Crippen molar-refractivity contribution in [1.29, 1.82) is 0 Å². The van der Waals surface area contributed by atoms with Gasteiger partial charge in [-0.25, -0.2) is 9.97 Å². The molecule has 1 fully saturated rings. The molecule has 4 N–H and O–H groups in total. The normalized spacial score (nSPS) is 19.6. The average Bonchev–Trinajstić information content (AvgIpc) is 2.83. The molecular formula is C13H24N6. The van der Waals surface area contributed by atoms with Gasteiger partial charge in [-0.05, 0) is 32.4 Å². The highest BCUT2D eigenvalue weighted by atomic mass is 15.1. The standard InChI is InChI=1S/C13H24N6/c1-19-7-3-11(9-19)2-5-15-12-8-13(16-6-4-14)18-10-17-12/h8,10-11H,2-7,9,14H2,1H3,(H2,15,16,17,18). The first-order chi connectivity index (χ1) is 9.28. The van der Waals surface area contributed by atoms with Crippen molar-refractivity contribution in [2.45, 2.75) is 12.8 Å². The lowest BCUT2D eigenvalue weighted by Crippen LogP contribution is -2.16. The van der Waals surface area contributed by atoms with E-state index in [2.05, 4.69) is 32.5 Å². The Morgan fingerprint density at radius 2 is 2.05 bits per heavy atom. The van der Waals surface area contributed by atoms with Crippen molar-refractivity contribution in [2.75, 3.05) is 50.4 Å². The number of hydrogen-bond acceptors (Lipinski definition) is 6. The van der Waals surface area contributed by atoms with E-state index in [1.807, 2.05) is 6.07 Å². The van der Waals surface area contributed by atoms with E-state index in [0.717, 1.165) is 30.6 Å². The molecule has 1 unspecified atom stereocenters. The van der Waals surface area contributed by atoms with E-state index in [-0.39, 0.29) is 0 Å². The topological polar surface area (TPSA) is 79.1 Å². The van der Waals surface area contributed by atoms with E-state index in [1.54, 1.807) is 6.33 Å². The largest absolute Gasteiger partial charge is 0.370 e. The van der Waals surface area contributed by atoms with Crippen LogP contribution in [-0.2, 0) is 0 Å². The molecule has 106 valence electrons. The number of nitrogens with zero attached hydrogens (tertiary/aromatic N) is 3. The third-order valence-electron chi connectivity index (χ3n) is 3.47. The van der Waals surface area contributed by atoms with Gasteiger partial charge in [0.15, 0.2) is 0 Å². The van der Waals surface area contributed by atoms with Crippen LogP contribution in [0.25, 0.3) is 0 Å². The molecule has 6 nitrogen and oxygen atoms in total. The average molecular weight is 264 g/mol. The Bertz CT molecular complexity index is 383. The van der Waals surface area contributed by atoms with E-state index >= 15 is 0 Å². The maximum Gasteiger partial charge on any atom is 0.131 e. The van der Waals surface area contributed by atoms with Crippen LogP contribution in [0, 0.1) is 5.92 Å². The zero-order valence-electron chi connectivity index (χ0n) is 11.6. The molecule has 6 heteroatoms. The first kappa shape index (κ1) is 14.0. The number of anilines is 2. The van der Waals surface area contributed by atoms with Gasteiger partial charge in [0.05, 0.1) is 0 Å². The van der Waals surface area contributed by atoms with Gasteiger partial charge in [-0.1, -0.05) is 0 Å². The molecule has 2 heterocycles. The number of likely N-dealkylation sites (tertiary alicyclic amines) is 1. The van der Waals surface area contributed by atoms with E-state index < -0.39 is 0 Å². The summed E-state index contributed by atoms with van der Waals surface area (Å²) in [5.41, 5.74) is 5.45. The van der Waals surface area contributed by atoms with Crippen molar-refractivity contribution in [2.24, 2.45) is 11.7 Å². The van der Waals surface area contributed by atoms with Crippen LogP contribution in [0.2, 0.25) is 0 Å². The molecule has 1 saturated heterocycles. The quantitative estimate of drug-likeness (QED) is 0.669. The fourth-order valence-electron chi connectivity index (χ4n) is 2.42. The van der Waals surface area contributed by atoms with E-state index in [1.165, 1.54) is 25.9 Å². The Balaban J connectivity index is 1.73. The summed E-state index contributed by atoms with van der Waals surface area (Å²) in [6.45, 7) is 4.73. The first-order valence-electron chi connectivity index (χ1n) is 6.96. The van der Waals surface area contributed by atoms with Crippen LogP contribution in [-0.4, -0.2) is 54.6 Å². The zero-order chi connectivity index (χ0) is 13.5. The van der Waals surface area contributed by atoms with Crippen molar-refractivity contribution >= 4 is 11.6 Å². The molecule has 0 saturated carbocycles. The minimum absolute atomic E-state index is 0.599.